The van der Waals surface area contributed by atoms with Crippen molar-refractivity contribution in [3.8, 4) is 0 Å². The second kappa shape index (κ2) is 2.69. The minimum absolute atomic E-state index is 1.07. The zero-order valence-electron chi connectivity index (χ0n) is 6.41. The molecule has 1 nitrogen and oxygen atoms in total. The van der Waals surface area contributed by atoms with Gasteiger partial charge in [0, 0.05) is 0 Å². The maximum atomic E-state index is 4.38. The van der Waals surface area contributed by atoms with Crippen LogP contribution in [0.5, 0.6) is 0 Å². The third kappa shape index (κ3) is 1.30. The Morgan fingerprint density at radius 2 is 1.82 bits per heavy atom. The van der Waals surface area contributed by atoms with Crippen LogP contribution < -0.4 is 4.37 Å². The summed E-state index contributed by atoms with van der Waals surface area (Å²) < 4.78 is 1.07. The molecule has 48 valence electrons. The van der Waals surface area contributed by atoms with Crippen LogP contribution in [-0.2, 0) is 0 Å². The molecular weight excluding hydrogens is 129 g/mol. The fraction of sp³-hybridized carbons (Fsp3) is 0. The summed E-state index contributed by atoms with van der Waals surface area (Å²) in [5, 5.41) is 1.21. The first-order valence-electron chi connectivity index (χ1n) is 3.69. The number of para-hydroxylation sites is 1. The number of benzene rings is 1. The molecule has 0 saturated heterocycles. The monoisotopic (exact) mass is 135 g/mol. The van der Waals surface area contributed by atoms with Gasteiger partial charge < -0.3 is 0 Å². The van der Waals surface area contributed by atoms with Crippen LogP contribution in [0, 0.1) is 0 Å². The molecular formula is C9H6LiN. The van der Waals surface area contributed by atoms with Gasteiger partial charge in [0.15, 0.2) is 0 Å². The fourth-order valence-corrected chi connectivity index (χ4v) is 1.17. The van der Waals surface area contributed by atoms with Gasteiger partial charge in [-0.05, 0) is 0 Å². The van der Waals surface area contributed by atoms with E-state index in [1.54, 1.807) is 0 Å². The standard InChI is InChI=1S/C9H6N.Li/c1-2-6-9-8(4-1)5-3-7-10-9;/h1-6H;. The zero-order valence-corrected chi connectivity index (χ0v) is 6.41. The van der Waals surface area contributed by atoms with Gasteiger partial charge in [-0.3, -0.25) is 0 Å². The second-order valence-electron chi connectivity index (χ2n) is 2.65. The van der Waals surface area contributed by atoms with Gasteiger partial charge in [-0.15, -0.1) is 0 Å². The SMILES string of the molecule is [Li][c]1ccc2ccccc2n1. The van der Waals surface area contributed by atoms with Crippen molar-refractivity contribution in [2.75, 3.05) is 0 Å². The van der Waals surface area contributed by atoms with Crippen molar-refractivity contribution in [1.29, 1.82) is 0 Å². The first-order valence-corrected chi connectivity index (χ1v) is 3.69. The van der Waals surface area contributed by atoms with Gasteiger partial charge in [-0.2, -0.15) is 0 Å². The third-order valence-electron chi connectivity index (χ3n) is 1.74. The van der Waals surface area contributed by atoms with E-state index in [4.69, 9.17) is 0 Å². The van der Waals surface area contributed by atoms with Crippen LogP contribution in [0.1, 0.15) is 0 Å². The molecule has 0 saturated carbocycles. The number of aromatic nitrogens is 1. The van der Waals surface area contributed by atoms with Crippen molar-refractivity contribution in [2.45, 2.75) is 0 Å². The van der Waals surface area contributed by atoms with E-state index in [2.05, 4.69) is 17.1 Å². The normalized spacial score (nSPS) is 10.4. The molecule has 0 fully saturated rings. The van der Waals surface area contributed by atoms with Crippen LogP contribution in [0.3, 0.4) is 0 Å². The van der Waals surface area contributed by atoms with Gasteiger partial charge in [-0.25, -0.2) is 0 Å². The van der Waals surface area contributed by atoms with E-state index in [0.717, 1.165) is 9.88 Å². The molecule has 0 aliphatic rings. The van der Waals surface area contributed by atoms with Gasteiger partial charge in [0.1, 0.15) is 0 Å². The fourth-order valence-electron chi connectivity index (χ4n) is 1.17. The summed E-state index contributed by atoms with van der Waals surface area (Å²) in [6.07, 6.45) is 0. The second-order valence-corrected chi connectivity index (χ2v) is 2.65. The van der Waals surface area contributed by atoms with Gasteiger partial charge in [0.2, 0.25) is 0 Å². The number of pyridine rings is 1. The van der Waals surface area contributed by atoms with E-state index in [1.807, 2.05) is 42.0 Å². The molecule has 0 unspecified atom stereocenters. The number of hydrogen-bond acceptors (Lipinski definition) is 1. The van der Waals surface area contributed by atoms with E-state index in [1.165, 1.54) is 5.39 Å². The number of fused-ring (bicyclic) bond motifs is 1. The van der Waals surface area contributed by atoms with Crippen LogP contribution in [-0.4, -0.2) is 22.7 Å². The van der Waals surface area contributed by atoms with Crippen LogP contribution in [0.2, 0.25) is 0 Å². The predicted octanol–water partition coefficient (Wildman–Crippen LogP) is 1.03. The molecule has 1 aromatic carbocycles. The van der Waals surface area contributed by atoms with Crippen molar-refractivity contribution in [3.63, 3.8) is 0 Å². The van der Waals surface area contributed by atoms with E-state index >= 15 is 0 Å². The summed E-state index contributed by atoms with van der Waals surface area (Å²) in [5.74, 6) is 0. The Balaban J connectivity index is 2.83. The Morgan fingerprint density at radius 1 is 1.00 bits per heavy atom. The molecule has 0 atom stereocenters. The number of hydrogen-bond donors (Lipinski definition) is 0. The van der Waals surface area contributed by atoms with E-state index in [9.17, 15) is 0 Å². The van der Waals surface area contributed by atoms with Crippen LogP contribution in [0.4, 0.5) is 0 Å². The summed E-state index contributed by atoms with van der Waals surface area (Å²) in [7, 11) is 0. The molecule has 0 spiro atoms. The Hall–Kier alpha value is -0.773. The van der Waals surface area contributed by atoms with Gasteiger partial charge in [-0.1, -0.05) is 0 Å². The van der Waals surface area contributed by atoms with E-state index in [-0.39, 0.29) is 0 Å². The zero-order chi connectivity index (χ0) is 7.68. The Labute approximate surface area is 74.7 Å². The summed E-state index contributed by atoms with van der Waals surface area (Å²) in [5.41, 5.74) is 1.08. The van der Waals surface area contributed by atoms with Crippen molar-refractivity contribution < 1.29 is 0 Å². The van der Waals surface area contributed by atoms with Gasteiger partial charge in [0.05, 0.1) is 0 Å². The van der Waals surface area contributed by atoms with Gasteiger partial charge >= 0.3 is 74.4 Å². The molecule has 2 aromatic rings. The van der Waals surface area contributed by atoms with E-state index < -0.39 is 0 Å². The average Bonchev–Trinajstić information content (AvgIpc) is 2.04. The Kier molecular flexibility index (Phi) is 1.69. The Bertz CT molecular complexity index is 384. The summed E-state index contributed by atoms with van der Waals surface area (Å²) >= 11 is 2.01. The van der Waals surface area contributed by atoms with Gasteiger partial charge in [0.25, 0.3) is 0 Å². The van der Waals surface area contributed by atoms with Crippen molar-refractivity contribution in [2.24, 2.45) is 0 Å². The first-order chi connectivity index (χ1) is 5.36. The van der Waals surface area contributed by atoms with Crippen LogP contribution >= 0.6 is 0 Å². The third-order valence-corrected chi connectivity index (χ3v) is 1.74. The molecule has 0 aliphatic carbocycles. The molecule has 0 amide bonds. The molecule has 2 rings (SSSR count). The molecule has 11 heavy (non-hydrogen) atoms. The number of nitrogens with zero attached hydrogens (tertiary/aromatic N) is 1. The molecule has 0 bridgehead atoms. The molecule has 1 aromatic heterocycles. The molecule has 1 heterocycles. The summed E-state index contributed by atoms with van der Waals surface area (Å²) in [6.45, 7) is 0. The maximum absolute atomic E-state index is 4.38. The molecule has 0 aliphatic heterocycles. The summed E-state index contributed by atoms with van der Waals surface area (Å²) in [4.78, 5) is 4.38. The average molecular weight is 135 g/mol. The predicted molar refractivity (Wildman–Crippen MR) is 47.1 cm³/mol. The van der Waals surface area contributed by atoms with Crippen molar-refractivity contribution in [1.82, 2.24) is 4.98 Å². The molecule has 2 heteroatoms. The Morgan fingerprint density at radius 3 is 2.73 bits per heavy atom. The minimum atomic E-state index is 1.07. The number of rotatable bonds is 0. The van der Waals surface area contributed by atoms with Crippen LogP contribution in [0.15, 0.2) is 36.4 Å². The molecule has 0 radical (unpaired) electrons. The van der Waals surface area contributed by atoms with Crippen molar-refractivity contribution >= 4 is 33.0 Å². The first kappa shape index (κ1) is 6.91. The van der Waals surface area contributed by atoms with E-state index in [0.29, 0.717) is 0 Å². The summed E-state index contributed by atoms with van der Waals surface area (Å²) in [6, 6.07) is 12.3. The van der Waals surface area contributed by atoms with Crippen molar-refractivity contribution in [3.05, 3.63) is 36.4 Å². The van der Waals surface area contributed by atoms with Crippen LogP contribution in [0.25, 0.3) is 10.9 Å². The topological polar surface area (TPSA) is 12.9 Å². The molecule has 0 N–H and O–H groups in total. The quantitative estimate of drug-likeness (QED) is 0.491.